The third kappa shape index (κ3) is 3.22. The summed E-state index contributed by atoms with van der Waals surface area (Å²) in [6.45, 7) is 3.88. The summed E-state index contributed by atoms with van der Waals surface area (Å²) in [7, 11) is 0. The van der Waals surface area contributed by atoms with Gasteiger partial charge in [-0.15, -0.1) is 0 Å². The summed E-state index contributed by atoms with van der Waals surface area (Å²) in [5.74, 6) is -1.09. The lowest BCUT2D eigenvalue weighted by atomic mass is 9.99. The molecule has 1 aromatic carbocycles. The van der Waals surface area contributed by atoms with E-state index in [0.29, 0.717) is 16.8 Å². The number of halogens is 3. The predicted molar refractivity (Wildman–Crippen MR) is 74.7 cm³/mol. The van der Waals surface area contributed by atoms with Gasteiger partial charge in [0.15, 0.2) is 0 Å². The molecule has 0 saturated heterocycles. The van der Waals surface area contributed by atoms with Crippen molar-refractivity contribution in [1.29, 1.82) is 0 Å². The number of anilines is 1. The third-order valence-corrected chi connectivity index (χ3v) is 3.17. The molecule has 0 fully saturated rings. The van der Waals surface area contributed by atoms with Crippen LogP contribution in [-0.4, -0.2) is 9.97 Å². The average Bonchev–Trinajstić information content (AvgIpc) is 2.30. The van der Waals surface area contributed by atoms with Crippen LogP contribution in [0.25, 0.3) is 0 Å². The summed E-state index contributed by atoms with van der Waals surface area (Å²) in [4.78, 5) is 8.07. The van der Waals surface area contributed by atoms with Crippen LogP contribution < -0.4 is 5.73 Å². The van der Waals surface area contributed by atoms with E-state index in [1.165, 1.54) is 12.1 Å². The van der Waals surface area contributed by atoms with Crippen LogP contribution >= 0.6 is 11.6 Å². The fraction of sp³-hybridized carbons (Fsp3) is 0.286. The van der Waals surface area contributed by atoms with Crippen molar-refractivity contribution in [2.45, 2.75) is 26.2 Å². The maximum absolute atomic E-state index is 13.2. The maximum Gasteiger partial charge on any atom is 0.221 e. The van der Waals surface area contributed by atoms with E-state index >= 15 is 0 Å². The number of nitrogen functional groups attached to an aromatic ring is 1. The van der Waals surface area contributed by atoms with E-state index in [0.717, 1.165) is 6.07 Å². The largest absolute Gasteiger partial charge is 0.368 e. The molecule has 20 heavy (non-hydrogen) atoms. The molecule has 106 valence electrons. The Labute approximate surface area is 120 Å². The Morgan fingerprint density at radius 2 is 1.75 bits per heavy atom. The number of rotatable bonds is 3. The Balaban J connectivity index is 2.47. The van der Waals surface area contributed by atoms with Crippen LogP contribution in [0.4, 0.5) is 14.7 Å². The molecule has 2 rings (SSSR count). The second kappa shape index (κ2) is 5.71. The smallest absolute Gasteiger partial charge is 0.221 e. The highest BCUT2D eigenvalue weighted by atomic mass is 35.5. The van der Waals surface area contributed by atoms with Crippen LogP contribution in [0.15, 0.2) is 18.2 Å². The van der Waals surface area contributed by atoms with Gasteiger partial charge in [-0.1, -0.05) is 25.4 Å². The van der Waals surface area contributed by atoms with Crippen molar-refractivity contribution in [2.24, 2.45) is 0 Å². The Kier molecular flexibility index (Phi) is 4.18. The highest BCUT2D eigenvalue weighted by Gasteiger charge is 2.16. The quantitative estimate of drug-likeness (QED) is 0.879. The zero-order valence-corrected chi connectivity index (χ0v) is 11.9. The zero-order chi connectivity index (χ0) is 14.9. The van der Waals surface area contributed by atoms with Crippen molar-refractivity contribution in [3.05, 3.63) is 51.8 Å². The van der Waals surface area contributed by atoms with Crippen molar-refractivity contribution >= 4 is 17.5 Å². The zero-order valence-electron chi connectivity index (χ0n) is 11.1. The van der Waals surface area contributed by atoms with Crippen LogP contribution in [0.3, 0.4) is 0 Å². The van der Waals surface area contributed by atoms with Crippen molar-refractivity contribution in [3.8, 4) is 0 Å². The van der Waals surface area contributed by atoms with E-state index < -0.39 is 11.6 Å². The molecule has 1 aromatic heterocycles. The average molecular weight is 298 g/mol. The molecule has 0 radical (unpaired) electrons. The molecule has 0 bridgehead atoms. The highest BCUT2D eigenvalue weighted by molar-refractivity contribution is 6.30. The lowest BCUT2D eigenvalue weighted by Crippen LogP contribution is -2.08. The van der Waals surface area contributed by atoms with Crippen LogP contribution in [0.5, 0.6) is 0 Å². The number of hydrogen-bond acceptors (Lipinski definition) is 3. The van der Waals surface area contributed by atoms with Crippen LogP contribution in [-0.2, 0) is 6.42 Å². The maximum atomic E-state index is 13.2. The van der Waals surface area contributed by atoms with E-state index in [1.807, 2.05) is 13.8 Å². The Hall–Kier alpha value is -1.75. The second-order valence-electron chi connectivity index (χ2n) is 4.85. The van der Waals surface area contributed by atoms with Crippen molar-refractivity contribution in [2.75, 3.05) is 5.73 Å². The number of benzene rings is 1. The summed E-state index contributed by atoms with van der Waals surface area (Å²) in [6, 6.07) is 3.35. The van der Waals surface area contributed by atoms with Gasteiger partial charge in [0.1, 0.15) is 16.8 Å². The number of hydrogen-bond donors (Lipinski definition) is 1. The van der Waals surface area contributed by atoms with E-state index in [4.69, 9.17) is 17.3 Å². The van der Waals surface area contributed by atoms with Gasteiger partial charge < -0.3 is 5.73 Å². The summed E-state index contributed by atoms with van der Waals surface area (Å²) in [5.41, 5.74) is 7.38. The molecule has 1 heterocycles. The Bertz CT molecular complexity index is 624. The van der Waals surface area contributed by atoms with E-state index in [9.17, 15) is 8.78 Å². The van der Waals surface area contributed by atoms with E-state index in [-0.39, 0.29) is 23.4 Å². The van der Waals surface area contributed by atoms with Crippen molar-refractivity contribution in [1.82, 2.24) is 9.97 Å². The molecule has 2 aromatic rings. The van der Waals surface area contributed by atoms with Crippen LogP contribution in [0, 0.1) is 11.6 Å². The molecule has 6 heteroatoms. The Morgan fingerprint density at radius 1 is 1.15 bits per heavy atom. The molecule has 3 nitrogen and oxygen atoms in total. The topological polar surface area (TPSA) is 51.8 Å². The summed E-state index contributed by atoms with van der Waals surface area (Å²) < 4.78 is 26.5. The molecular formula is C14H14ClF2N3. The molecule has 0 spiro atoms. The van der Waals surface area contributed by atoms with Gasteiger partial charge in [-0.2, -0.15) is 0 Å². The van der Waals surface area contributed by atoms with Gasteiger partial charge >= 0.3 is 0 Å². The minimum atomic E-state index is -0.626. The molecule has 2 N–H and O–H groups in total. The fourth-order valence-electron chi connectivity index (χ4n) is 2.05. The summed E-state index contributed by atoms with van der Waals surface area (Å²) >= 11 is 6.09. The molecule has 0 amide bonds. The molecule has 0 unspecified atom stereocenters. The summed E-state index contributed by atoms with van der Waals surface area (Å²) in [5, 5.41) is 0.214. The lowest BCUT2D eigenvalue weighted by molar-refractivity contribution is 0.580. The second-order valence-corrected chi connectivity index (χ2v) is 5.20. The molecule has 0 aliphatic rings. The van der Waals surface area contributed by atoms with E-state index in [1.54, 1.807) is 0 Å². The van der Waals surface area contributed by atoms with Crippen molar-refractivity contribution < 1.29 is 8.78 Å². The first-order valence-corrected chi connectivity index (χ1v) is 6.51. The first-order chi connectivity index (χ1) is 9.36. The van der Waals surface area contributed by atoms with Gasteiger partial charge in [-0.05, 0) is 23.6 Å². The minimum Gasteiger partial charge on any atom is -0.368 e. The van der Waals surface area contributed by atoms with Gasteiger partial charge in [0, 0.05) is 18.1 Å². The molecule has 0 saturated carbocycles. The van der Waals surface area contributed by atoms with Gasteiger partial charge in [0.05, 0.1) is 5.69 Å². The van der Waals surface area contributed by atoms with Gasteiger partial charge in [-0.25, -0.2) is 18.7 Å². The molecule has 0 aliphatic heterocycles. The number of aromatic nitrogens is 2. The van der Waals surface area contributed by atoms with Crippen molar-refractivity contribution in [3.63, 3.8) is 0 Å². The predicted octanol–water partition coefficient (Wildman–Crippen LogP) is 3.70. The monoisotopic (exact) mass is 297 g/mol. The standard InChI is InChI=1S/C14H14ClF2N3/c1-7(2)12-11(13(15)20-14(18)19-12)5-8-3-9(16)6-10(17)4-8/h3-4,6-7H,5H2,1-2H3,(H2,18,19,20). The Morgan fingerprint density at radius 3 is 2.30 bits per heavy atom. The highest BCUT2D eigenvalue weighted by Crippen LogP contribution is 2.27. The van der Waals surface area contributed by atoms with Crippen LogP contribution in [0.2, 0.25) is 5.15 Å². The van der Waals surface area contributed by atoms with Gasteiger partial charge in [0.25, 0.3) is 0 Å². The summed E-state index contributed by atoms with van der Waals surface area (Å²) in [6.07, 6.45) is 0.251. The lowest BCUT2D eigenvalue weighted by Gasteiger charge is -2.13. The first-order valence-electron chi connectivity index (χ1n) is 6.13. The fourth-order valence-corrected chi connectivity index (χ4v) is 2.30. The third-order valence-electron chi connectivity index (χ3n) is 2.86. The normalized spacial score (nSPS) is 11.1. The van der Waals surface area contributed by atoms with Gasteiger partial charge in [-0.3, -0.25) is 0 Å². The molecule has 0 aliphatic carbocycles. The number of nitrogens with zero attached hydrogens (tertiary/aromatic N) is 2. The van der Waals surface area contributed by atoms with E-state index in [2.05, 4.69) is 9.97 Å². The molecular weight excluding hydrogens is 284 g/mol. The first kappa shape index (κ1) is 14.7. The van der Waals surface area contributed by atoms with Gasteiger partial charge in [0.2, 0.25) is 5.95 Å². The SMILES string of the molecule is CC(C)c1nc(N)nc(Cl)c1Cc1cc(F)cc(F)c1. The molecule has 0 atom stereocenters. The number of nitrogens with two attached hydrogens (primary N) is 1. The minimum absolute atomic E-state index is 0.0752. The van der Waals surface area contributed by atoms with Crippen LogP contribution in [0.1, 0.15) is 36.6 Å².